The molecule has 1 amide bonds. The van der Waals surface area contributed by atoms with Crippen LogP contribution >= 0.6 is 11.3 Å². The Balaban J connectivity index is 1.79. The van der Waals surface area contributed by atoms with Crippen molar-refractivity contribution in [2.24, 2.45) is 0 Å². The van der Waals surface area contributed by atoms with Crippen molar-refractivity contribution in [3.05, 3.63) is 39.9 Å². The molecule has 0 saturated carbocycles. The first-order valence-corrected chi connectivity index (χ1v) is 10.8. The molecule has 8 heteroatoms. The molecule has 164 valence electrons. The van der Waals surface area contributed by atoms with E-state index in [4.69, 9.17) is 9.47 Å². The molecule has 2 rings (SSSR count). The number of thiazole rings is 1. The van der Waals surface area contributed by atoms with Crippen LogP contribution in [-0.2, 0) is 14.3 Å². The molecule has 0 aliphatic heterocycles. The second-order valence-corrected chi connectivity index (χ2v) is 9.22. The van der Waals surface area contributed by atoms with Crippen molar-refractivity contribution in [3.63, 3.8) is 0 Å². The standard InChI is InChI=1S/C22H31N3O4S/c1-14-7-8-17(23-10-12-28-11-9-19(26)29-22(4,5)6)13-18(14)20(27)25-21-24-15(2)16(3)30-21/h7-8,13,23H,9-12H2,1-6H3,(H,24,25,27). The summed E-state index contributed by atoms with van der Waals surface area (Å²) in [5, 5.41) is 6.71. The Kier molecular flexibility index (Phi) is 8.37. The first-order chi connectivity index (χ1) is 14.0. The lowest BCUT2D eigenvalue weighted by Gasteiger charge is -2.19. The van der Waals surface area contributed by atoms with Gasteiger partial charge in [0.05, 0.1) is 25.3 Å². The number of amides is 1. The van der Waals surface area contributed by atoms with Crippen LogP contribution in [0.15, 0.2) is 18.2 Å². The number of anilines is 2. The number of hydrogen-bond donors (Lipinski definition) is 2. The van der Waals surface area contributed by atoms with Gasteiger partial charge in [0.25, 0.3) is 5.91 Å². The molecule has 1 aromatic carbocycles. The first-order valence-electron chi connectivity index (χ1n) is 9.94. The summed E-state index contributed by atoms with van der Waals surface area (Å²) in [4.78, 5) is 29.7. The van der Waals surface area contributed by atoms with Crippen molar-refractivity contribution in [2.45, 2.75) is 53.6 Å². The molecule has 0 radical (unpaired) electrons. The number of carbonyl (C=O) groups is 2. The third-order valence-corrected chi connectivity index (χ3v) is 5.17. The van der Waals surface area contributed by atoms with E-state index < -0.39 is 5.60 Å². The molecule has 0 fully saturated rings. The summed E-state index contributed by atoms with van der Waals surface area (Å²) in [5.41, 5.74) is 2.75. The van der Waals surface area contributed by atoms with E-state index in [2.05, 4.69) is 15.6 Å². The first kappa shape index (κ1) is 23.8. The number of ether oxygens (including phenoxy) is 2. The maximum atomic E-state index is 12.6. The number of aryl methyl sites for hydroxylation is 3. The highest BCUT2D eigenvalue weighted by Crippen LogP contribution is 2.23. The molecule has 0 bridgehead atoms. The number of carbonyl (C=O) groups excluding carboxylic acids is 2. The Morgan fingerprint density at radius 2 is 1.87 bits per heavy atom. The van der Waals surface area contributed by atoms with Gasteiger partial charge in [0.2, 0.25) is 0 Å². The minimum Gasteiger partial charge on any atom is -0.460 e. The molecule has 2 N–H and O–H groups in total. The molecular weight excluding hydrogens is 402 g/mol. The van der Waals surface area contributed by atoms with E-state index >= 15 is 0 Å². The van der Waals surface area contributed by atoms with Crippen LogP contribution in [0, 0.1) is 20.8 Å². The van der Waals surface area contributed by atoms with E-state index in [-0.39, 0.29) is 18.3 Å². The van der Waals surface area contributed by atoms with E-state index in [0.29, 0.717) is 30.5 Å². The van der Waals surface area contributed by atoms with Gasteiger partial charge in [0.1, 0.15) is 5.60 Å². The fraction of sp³-hybridized carbons (Fsp3) is 0.500. The van der Waals surface area contributed by atoms with Gasteiger partial charge in [-0.05, 0) is 59.2 Å². The molecule has 0 unspecified atom stereocenters. The molecule has 0 saturated heterocycles. The van der Waals surface area contributed by atoms with Crippen LogP contribution in [0.5, 0.6) is 0 Å². The van der Waals surface area contributed by atoms with Gasteiger partial charge in [-0.15, -0.1) is 11.3 Å². The van der Waals surface area contributed by atoms with E-state index in [1.165, 1.54) is 11.3 Å². The van der Waals surface area contributed by atoms with Crippen molar-refractivity contribution < 1.29 is 19.1 Å². The number of esters is 1. The van der Waals surface area contributed by atoms with Gasteiger partial charge in [-0.3, -0.25) is 14.9 Å². The second kappa shape index (κ2) is 10.5. The van der Waals surface area contributed by atoms with Crippen LogP contribution in [0.4, 0.5) is 10.8 Å². The Labute approximate surface area is 182 Å². The number of rotatable bonds is 9. The van der Waals surface area contributed by atoms with Gasteiger partial charge in [0, 0.05) is 22.7 Å². The van der Waals surface area contributed by atoms with Crippen LogP contribution in [0.25, 0.3) is 0 Å². The molecule has 0 spiro atoms. The predicted octanol–water partition coefficient (Wildman–Crippen LogP) is 4.48. The number of benzene rings is 1. The maximum Gasteiger partial charge on any atom is 0.308 e. The fourth-order valence-corrected chi connectivity index (χ4v) is 3.39. The van der Waals surface area contributed by atoms with Gasteiger partial charge in [0.15, 0.2) is 5.13 Å². The topological polar surface area (TPSA) is 89.5 Å². The van der Waals surface area contributed by atoms with Crippen LogP contribution in [0.2, 0.25) is 0 Å². The molecule has 0 aliphatic carbocycles. The third-order valence-electron chi connectivity index (χ3n) is 4.18. The van der Waals surface area contributed by atoms with Gasteiger partial charge >= 0.3 is 5.97 Å². The largest absolute Gasteiger partial charge is 0.460 e. The van der Waals surface area contributed by atoms with Gasteiger partial charge in [-0.2, -0.15) is 0 Å². The van der Waals surface area contributed by atoms with Gasteiger partial charge in [-0.25, -0.2) is 4.98 Å². The summed E-state index contributed by atoms with van der Waals surface area (Å²) in [5.74, 6) is -0.450. The summed E-state index contributed by atoms with van der Waals surface area (Å²) in [6.45, 7) is 12.6. The van der Waals surface area contributed by atoms with Crippen molar-refractivity contribution in [3.8, 4) is 0 Å². The highest BCUT2D eigenvalue weighted by atomic mass is 32.1. The van der Waals surface area contributed by atoms with E-state index in [1.807, 2.05) is 59.7 Å². The van der Waals surface area contributed by atoms with Gasteiger partial charge in [-0.1, -0.05) is 6.07 Å². The van der Waals surface area contributed by atoms with E-state index in [9.17, 15) is 9.59 Å². The van der Waals surface area contributed by atoms with Crippen LogP contribution in [-0.4, -0.2) is 42.2 Å². The average molecular weight is 434 g/mol. The Morgan fingerprint density at radius 3 is 2.50 bits per heavy atom. The zero-order valence-corrected chi connectivity index (χ0v) is 19.4. The number of nitrogens with one attached hydrogen (secondary N) is 2. The fourth-order valence-electron chi connectivity index (χ4n) is 2.58. The molecular formula is C22H31N3O4S. The number of nitrogens with zero attached hydrogens (tertiary/aromatic N) is 1. The predicted molar refractivity (Wildman–Crippen MR) is 120 cm³/mol. The molecule has 0 atom stereocenters. The quantitative estimate of drug-likeness (QED) is 0.448. The monoisotopic (exact) mass is 433 g/mol. The zero-order chi connectivity index (χ0) is 22.3. The molecule has 2 aromatic rings. The highest BCUT2D eigenvalue weighted by molar-refractivity contribution is 7.15. The summed E-state index contributed by atoms with van der Waals surface area (Å²) in [6.07, 6.45) is 0.224. The SMILES string of the molecule is Cc1ccc(NCCOCCC(=O)OC(C)(C)C)cc1C(=O)Nc1nc(C)c(C)s1. The summed E-state index contributed by atoms with van der Waals surface area (Å²) < 4.78 is 10.7. The molecule has 7 nitrogen and oxygen atoms in total. The maximum absolute atomic E-state index is 12.6. The highest BCUT2D eigenvalue weighted by Gasteiger charge is 2.16. The summed E-state index contributed by atoms with van der Waals surface area (Å²) >= 11 is 1.47. The van der Waals surface area contributed by atoms with Crippen molar-refractivity contribution >= 4 is 34.0 Å². The van der Waals surface area contributed by atoms with Crippen molar-refractivity contribution in [1.29, 1.82) is 0 Å². The average Bonchev–Trinajstić information content (AvgIpc) is 2.94. The minimum absolute atomic E-state index is 0.182. The summed E-state index contributed by atoms with van der Waals surface area (Å²) in [6, 6.07) is 5.64. The Hall–Kier alpha value is -2.45. The third kappa shape index (κ3) is 7.76. The minimum atomic E-state index is -0.481. The number of hydrogen-bond acceptors (Lipinski definition) is 7. The van der Waals surface area contributed by atoms with Crippen LogP contribution in [0.1, 0.15) is 53.7 Å². The zero-order valence-electron chi connectivity index (χ0n) is 18.5. The summed E-state index contributed by atoms with van der Waals surface area (Å²) in [7, 11) is 0. The smallest absolute Gasteiger partial charge is 0.308 e. The van der Waals surface area contributed by atoms with Gasteiger partial charge < -0.3 is 14.8 Å². The Morgan fingerprint density at radius 1 is 1.13 bits per heavy atom. The second-order valence-electron chi connectivity index (χ2n) is 8.02. The van der Waals surface area contributed by atoms with E-state index in [0.717, 1.165) is 21.8 Å². The molecule has 1 heterocycles. The lowest BCUT2D eigenvalue weighted by molar-refractivity contribution is -0.155. The normalized spacial score (nSPS) is 11.3. The van der Waals surface area contributed by atoms with Crippen LogP contribution in [0.3, 0.4) is 0 Å². The lowest BCUT2D eigenvalue weighted by atomic mass is 10.1. The van der Waals surface area contributed by atoms with Crippen molar-refractivity contribution in [2.75, 3.05) is 30.4 Å². The molecule has 30 heavy (non-hydrogen) atoms. The van der Waals surface area contributed by atoms with Crippen molar-refractivity contribution in [1.82, 2.24) is 4.98 Å². The lowest BCUT2D eigenvalue weighted by Crippen LogP contribution is -2.24. The van der Waals surface area contributed by atoms with E-state index in [1.54, 1.807) is 0 Å². The molecule has 1 aromatic heterocycles. The molecule has 0 aliphatic rings. The van der Waals surface area contributed by atoms with Crippen LogP contribution < -0.4 is 10.6 Å². The number of aromatic nitrogens is 1. The Bertz CT molecular complexity index is 867.